The predicted octanol–water partition coefficient (Wildman–Crippen LogP) is 6.60. The van der Waals surface area contributed by atoms with Crippen molar-refractivity contribution in [2.75, 3.05) is 11.1 Å². The van der Waals surface area contributed by atoms with E-state index in [0.717, 1.165) is 16.9 Å². The van der Waals surface area contributed by atoms with Gasteiger partial charge < -0.3 is 10.1 Å². The number of para-hydroxylation sites is 1. The standard InChI is InChI=1S/C24H21ClF3NO3S/c1-2-13-33(31)18-10-7-16(8-11-18)14-23(30)29-17-9-12-19(21(25)15-17)20-5-3-4-6-22(20)32-24(26,27)28/h3-12,15H,2,13-14H2,1H3,(H,29,30). The van der Waals surface area contributed by atoms with Gasteiger partial charge in [0.2, 0.25) is 5.91 Å². The molecule has 1 N–H and O–H groups in total. The molecule has 0 saturated carbocycles. The Bertz CT molecular complexity index is 1150. The Kier molecular flexibility index (Phi) is 8.15. The van der Waals surface area contributed by atoms with Gasteiger partial charge in [0.25, 0.3) is 0 Å². The Balaban J connectivity index is 1.70. The predicted molar refractivity (Wildman–Crippen MR) is 124 cm³/mol. The maximum absolute atomic E-state index is 12.7. The summed E-state index contributed by atoms with van der Waals surface area (Å²) >= 11 is 6.31. The summed E-state index contributed by atoms with van der Waals surface area (Å²) in [5, 5.41) is 2.89. The molecule has 1 unspecified atom stereocenters. The van der Waals surface area contributed by atoms with Gasteiger partial charge in [-0.1, -0.05) is 54.9 Å². The third kappa shape index (κ3) is 7.07. The first-order valence-corrected chi connectivity index (χ1v) is 11.8. The number of carbonyl (C=O) groups is 1. The molecule has 0 saturated heterocycles. The highest BCUT2D eigenvalue weighted by atomic mass is 35.5. The van der Waals surface area contributed by atoms with Gasteiger partial charge in [-0.3, -0.25) is 9.00 Å². The molecule has 4 nitrogen and oxygen atoms in total. The van der Waals surface area contributed by atoms with E-state index in [1.807, 2.05) is 6.92 Å². The highest BCUT2D eigenvalue weighted by Crippen LogP contribution is 2.38. The van der Waals surface area contributed by atoms with E-state index in [-0.39, 0.29) is 28.7 Å². The molecule has 0 aromatic heterocycles. The Hall–Kier alpha value is -2.84. The molecule has 0 fully saturated rings. The zero-order valence-corrected chi connectivity index (χ0v) is 19.2. The van der Waals surface area contributed by atoms with Gasteiger partial charge in [0.05, 0.1) is 22.2 Å². The molecule has 0 aliphatic carbocycles. The average Bonchev–Trinajstić information content (AvgIpc) is 2.74. The van der Waals surface area contributed by atoms with Crippen molar-refractivity contribution in [3.05, 3.63) is 77.3 Å². The average molecular weight is 496 g/mol. The largest absolute Gasteiger partial charge is 0.573 e. The quantitative estimate of drug-likeness (QED) is 0.383. The van der Waals surface area contributed by atoms with Crippen molar-refractivity contribution in [1.29, 1.82) is 0 Å². The Morgan fingerprint density at radius 2 is 1.73 bits per heavy atom. The van der Waals surface area contributed by atoms with Crippen LogP contribution < -0.4 is 10.1 Å². The number of halogens is 4. The van der Waals surface area contributed by atoms with Crippen LogP contribution in [0.3, 0.4) is 0 Å². The molecule has 9 heteroatoms. The number of carbonyl (C=O) groups excluding carboxylic acids is 1. The highest BCUT2D eigenvalue weighted by Gasteiger charge is 2.32. The van der Waals surface area contributed by atoms with Crippen LogP contribution in [0.25, 0.3) is 11.1 Å². The maximum atomic E-state index is 12.7. The van der Waals surface area contributed by atoms with Gasteiger partial charge in [-0.25, -0.2) is 0 Å². The van der Waals surface area contributed by atoms with E-state index in [4.69, 9.17) is 11.6 Å². The first-order chi connectivity index (χ1) is 15.7. The van der Waals surface area contributed by atoms with Crippen molar-refractivity contribution in [2.24, 2.45) is 0 Å². The lowest BCUT2D eigenvalue weighted by molar-refractivity contribution is -0.274. The van der Waals surface area contributed by atoms with Crippen molar-refractivity contribution < 1.29 is 26.9 Å². The van der Waals surface area contributed by atoms with Crippen LogP contribution in [0.4, 0.5) is 18.9 Å². The van der Waals surface area contributed by atoms with E-state index in [1.54, 1.807) is 36.4 Å². The Labute approximate surface area is 197 Å². The summed E-state index contributed by atoms with van der Waals surface area (Å²) in [5.74, 6) is -0.0716. The Morgan fingerprint density at radius 3 is 2.36 bits per heavy atom. The molecule has 0 heterocycles. The van der Waals surface area contributed by atoms with Crippen molar-refractivity contribution in [1.82, 2.24) is 0 Å². The lowest BCUT2D eigenvalue weighted by atomic mass is 10.0. The molecular weight excluding hydrogens is 475 g/mol. The van der Waals surface area contributed by atoms with Gasteiger partial charge in [0.1, 0.15) is 5.75 Å². The number of hydrogen-bond acceptors (Lipinski definition) is 3. The number of anilines is 1. The van der Waals surface area contributed by atoms with Crippen LogP contribution in [0.15, 0.2) is 71.6 Å². The minimum absolute atomic E-state index is 0.0995. The highest BCUT2D eigenvalue weighted by molar-refractivity contribution is 7.85. The van der Waals surface area contributed by atoms with E-state index >= 15 is 0 Å². The first kappa shape index (κ1) is 24.8. The molecule has 0 aliphatic rings. The summed E-state index contributed by atoms with van der Waals surface area (Å²) in [6.45, 7) is 1.96. The summed E-state index contributed by atoms with van der Waals surface area (Å²) in [4.78, 5) is 13.1. The normalized spacial score (nSPS) is 12.3. The SMILES string of the molecule is CCCS(=O)c1ccc(CC(=O)Nc2ccc(-c3ccccc3OC(F)(F)F)c(Cl)c2)cc1. The van der Waals surface area contributed by atoms with Crippen LogP contribution >= 0.6 is 11.6 Å². The van der Waals surface area contributed by atoms with E-state index in [9.17, 15) is 22.2 Å². The number of rotatable bonds is 8. The summed E-state index contributed by atoms with van der Waals surface area (Å²) < 4.78 is 54.2. The molecule has 1 amide bonds. The third-order valence-electron chi connectivity index (χ3n) is 4.60. The molecule has 1 atom stereocenters. The maximum Gasteiger partial charge on any atom is 0.573 e. The van der Waals surface area contributed by atoms with Gasteiger partial charge in [0, 0.05) is 27.5 Å². The molecule has 3 aromatic rings. The molecule has 0 bridgehead atoms. The van der Waals surface area contributed by atoms with Gasteiger partial charge in [-0.2, -0.15) is 0 Å². The van der Waals surface area contributed by atoms with Gasteiger partial charge in [-0.05, 0) is 42.3 Å². The zero-order valence-electron chi connectivity index (χ0n) is 17.6. The summed E-state index contributed by atoms with van der Waals surface area (Å²) in [6, 6.07) is 17.3. The van der Waals surface area contributed by atoms with Crippen molar-refractivity contribution in [2.45, 2.75) is 31.0 Å². The van der Waals surface area contributed by atoms with Crippen LogP contribution in [0.1, 0.15) is 18.9 Å². The van der Waals surface area contributed by atoms with Gasteiger partial charge in [0.15, 0.2) is 0 Å². The third-order valence-corrected chi connectivity index (χ3v) is 6.49. The molecule has 0 radical (unpaired) electrons. The van der Waals surface area contributed by atoms with Crippen LogP contribution in [-0.4, -0.2) is 22.2 Å². The van der Waals surface area contributed by atoms with Crippen LogP contribution in [0.2, 0.25) is 5.02 Å². The minimum atomic E-state index is -4.83. The van der Waals surface area contributed by atoms with E-state index < -0.39 is 17.2 Å². The molecule has 3 rings (SSSR count). The number of benzene rings is 3. The minimum Gasteiger partial charge on any atom is -0.405 e. The van der Waals surface area contributed by atoms with E-state index in [1.165, 1.54) is 30.3 Å². The summed E-state index contributed by atoms with van der Waals surface area (Å²) in [7, 11) is -1.05. The van der Waals surface area contributed by atoms with Crippen molar-refractivity contribution in [3.63, 3.8) is 0 Å². The number of ether oxygens (including phenoxy) is 1. The number of nitrogens with one attached hydrogen (secondary N) is 1. The fraction of sp³-hybridized carbons (Fsp3) is 0.208. The van der Waals surface area contributed by atoms with Crippen LogP contribution in [0, 0.1) is 0 Å². The number of hydrogen-bond donors (Lipinski definition) is 1. The van der Waals surface area contributed by atoms with Gasteiger partial charge in [-0.15, -0.1) is 13.2 Å². The van der Waals surface area contributed by atoms with Crippen molar-refractivity contribution >= 4 is 34.0 Å². The van der Waals surface area contributed by atoms with Crippen LogP contribution in [0.5, 0.6) is 5.75 Å². The fourth-order valence-electron chi connectivity index (χ4n) is 3.17. The zero-order chi connectivity index (χ0) is 24.0. The van der Waals surface area contributed by atoms with Crippen LogP contribution in [-0.2, 0) is 22.0 Å². The molecular formula is C24H21ClF3NO3S. The van der Waals surface area contributed by atoms with E-state index in [0.29, 0.717) is 17.0 Å². The second-order valence-corrected chi connectivity index (χ2v) is 9.14. The summed E-state index contributed by atoms with van der Waals surface area (Å²) in [5.41, 5.74) is 1.68. The number of alkyl halides is 3. The second kappa shape index (κ2) is 10.9. The molecule has 33 heavy (non-hydrogen) atoms. The van der Waals surface area contributed by atoms with Crippen molar-refractivity contribution in [3.8, 4) is 16.9 Å². The molecule has 0 aliphatic heterocycles. The molecule has 0 spiro atoms. The molecule has 3 aromatic carbocycles. The molecule has 174 valence electrons. The summed E-state index contributed by atoms with van der Waals surface area (Å²) in [6.07, 6.45) is -3.92. The fourth-order valence-corrected chi connectivity index (χ4v) is 4.50. The monoisotopic (exact) mass is 495 g/mol. The number of amides is 1. The first-order valence-electron chi connectivity index (χ1n) is 10.1. The Morgan fingerprint density at radius 1 is 1.03 bits per heavy atom. The smallest absolute Gasteiger partial charge is 0.405 e. The lowest BCUT2D eigenvalue weighted by Crippen LogP contribution is -2.17. The topological polar surface area (TPSA) is 55.4 Å². The van der Waals surface area contributed by atoms with Gasteiger partial charge >= 0.3 is 6.36 Å². The lowest BCUT2D eigenvalue weighted by Gasteiger charge is -2.15. The second-order valence-electron chi connectivity index (χ2n) is 7.16. The van der Waals surface area contributed by atoms with E-state index in [2.05, 4.69) is 10.1 Å².